The van der Waals surface area contributed by atoms with Crippen molar-refractivity contribution in [2.24, 2.45) is 0 Å². The molecule has 0 aliphatic heterocycles. The molecule has 0 fully saturated rings. The van der Waals surface area contributed by atoms with Crippen LogP contribution in [0.15, 0.2) is 0 Å². The largest absolute Gasteiger partial charge is 0.391 e. The van der Waals surface area contributed by atoms with Crippen LogP contribution in [0.4, 0.5) is 0 Å². The van der Waals surface area contributed by atoms with Gasteiger partial charge in [-0.05, 0) is 0 Å². The van der Waals surface area contributed by atoms with E-state index in [-0.39, 0.29) is 37.3 Å². The molecule has 0 saturated heterocycles. The molecule has 0 aliphatic carbocycles. The van der Waals surface area contributed by atoms with Crippen LogP contribution >= 0.6 is 0 Å². The molecule has 88 valence electrons. The predicted octanol–water partition coefficient (Wildman–Crippen LogP) is -2.27. The number of aliphatic hydroxyl groups is 1. The minimum absolute atomic E-state index is 0.0100. The highest BCUT2D eigenvalue weighted by Crippen LogP contribution is 2.03. The zero-order chi connectivity index (χ0) is 12.3. The van der Waals surface area contributed by atoms with Crippen molar-refractivity contribution in [3.8, 4) is 0 Å². The van der Waals surface area contributed by atoms with Crippen LogP contribution in [0.1, 0.15) is 0 Å². The second-order valence-electron chi connectivity index (χ2n) is 3.37. The number of aliphatic hydroxyl groups excluding tert-OH is 1. The first-order valence-electron chi connectivity index (χ1n) is 4.89. The highest BCUT2D eigenvalue weighted by Gasteiger charge is 2.26. The van der Waals surface area contributed by atoms with Gasteiger partial charge < -0.3 is 9.59 Å². The molecule has 0 saturated carbocycles. The fourth-order valence-corrected chi connectivity index (χ4v) is 1.38. The van der Waals surface area contributed by atoms with Gasteiger partial charge in [-0.1, -0.05) is 0 Å². The van der Waals surface area contributed by atoms with E-state index in [9.17, 15) is 14.4 Å². The molecule has 0 heterocycles. The van der Waals surface area contributed by atoms with E-state index in [1.54, 1.807) is 18.9 Å². The van der Waals surface area contributed by atoms with Gasteiger partial charge in [0.25, 0.3) is 12.6 Å². The Balaban J connectivity index is 4.27. The van der Waals surface area contributed by atoms with Gasteiger partial charge in [0.2, 0.25) is 6.29 Å². The van der Waals surface area contributed by atoms with E-state index in [0.717, 1.165) is 0 Å². The lowest BCUT2D eigenvalue weighted by atomic mass is 10.3. The van der Waals surface area contributed by atoms with Crippen molar-refractivity contribution in [3.63, 3.8) is 0 Å². The van der Waals surface area contributed by atoms with Gasteiger partial charge in [0.1, 0.15) is 19.6 Å². The van der Waals surface area contributed by atoms with Crippen molar-refractivity contribution in [3.05, 3.63) is 0 Å². The minimum Gasteiger partial charge on any atom is -0.391 e. The molecule has 0 aromatic heterocycles. The average molecular weight is 227 g/mol. The molecule has 0 rings (SSSR count). The Hall–Kier alpha value is -1.11. The van der Waals surface area contributed by atoms with E-state index >= 15 is 0 Å². The Morgan fingerprint density at radius 1 is 1.00 bits per heavy atom. The highest BCUT2D eigenvalue weighted by molar-refractivity contribution is 5.54. The third-order valence-corrected chi connectivity index (χ3v) is 2.28. The average Bonchev–Trinajstić information content (AvgIpc) is 2.26. The Morgan fingerprint density at radius 3 is 2.06 bits per heavy atom. The van der Waals surface area contributed by atoms with Gasteiger partial charge in [0, 0.05) is 0 Å². The lowest BCUT2D eigenvalue weighted by Crippen LogP contribution is -2.54. The molecule has 0 spiro atoms. The maximum atomic E-state index is 10.4. The fraction of sp³-hybridized carbons (Fsp3) is 0.700. The molecule has 0 aliphatic rings. The van der Waals surface area contributed by atoms with E-state index in [1.807, 2.05) is 0 Å². The van der Waals surface area contributed by atoms with Crippen molar-refractivity contribution in [1.29, 1.82) is 0 Å². The SMILES string of the molecule is O=[C]C[N]CC[N+](C[C]=O)(C[C]=O)CCO. The van der Waals surface area contributed by atoms with E-state index in [0.29, 0.717) is 13.1 Å². The second kappa shape index (κ2) is 9.14. The number of hydrogen-bond acceptors (Lipinski definition) is 4. The highest BCUT2D eigenvalue weighted by atomic mass is 16.3. The molecule has 0 atom stereocenters. The summed E-state index contributed by atoms with van der Waals surface area (Å²) in [4.78, 5) is 30.7. The maximum Gasteiger partial charge on any atom is 0.258 e. The summed E-state index contributed by atoms with van der Waals surface area (Å²) < 4.78 is 0.0753. The zero-order valence-electron chi connectivity index (χ0n) is 9.02. The number of quaternary nitrogens is 1. The number of nitrogens with zero attached hydrogens (tertiary/aromatic N) is 2. The van der Waals surface area contributed by atoms with Crippen LogP contribution in [0.5, 0.6) is 0 Å². The van der Waals surface area contributed by atoms with E-state index < -0.39 is 0 Å². The summed E-state index contributed by atoms with van der Waals surface area (Å²) in [6.07, 6.45) is 5.09. The summed E-state index contributed by atoms with van der Waals surface area (Å²) >= 11 is 0. The van der Waals surface area contributed by atoms with E-state index in [4.69, 9.17) is 5.11 Å². The molecule has 0 amide bonds. The quantitative estimate of drug-likeness (QED) is 0.318. The molecule has 4 radical (unpaired) electrons. The van der Waals surface area contributed by atoms with Gasteiger partial charge in [-0.3, -0.25) is 14.4 Å². The van der Waals surface area contributed by atoms with Crippen molar-refractivity contribution in [2.75, 3.05) is 45.9 Å². The van der Waals surface area contributed by atoms with Gasteiger partial charge >= 0.3 is 0 Å². The van der Waals surface area contributed by atoms with Gasteiger partial charge in [-0.15, -0.1) is 0 Å². The summed E-state index contributed by atoms with van der Waals surface area (Å²) in [5.74, 6) is 0. The third kappa shape index (κ3) is 5.69. The lowest BCUT2D eigenvalue weighted by Gasteiger charge is -2.34. The number of carbonyl (C=O) groups excluding carboxylic acids is 3. The summed E-state index contributed by atoms with van der Waals surface area (Å²) in [7, 11) is 0. The molecule has 1 N–H and O–H groups in total. The van der Waals surface area contributed by atoms with Crippen LogP contribution in [0.2, 0.25) is 0 Å². The molecular formula is C10H15N2O4+. The zero-order valence-corrected chi connectivity index (χ0v) is 9.02. The normalized spacial score (nSPS) is 11.1. The first kappa shape index (κ1) is 14.9. The topological polar surface area (TPSA) is 85.5 Å². The molecular weight excluding hydrogens is 212 g/mol. The molecule has 0 bridgehead atoms. The van der Waals surface area contributed by atoms with Crippen molar-refractivity contribution < 1.29 is 24.0 Å². The van der Waals surface area contributed by atoms with Crippen molar-refractivity contribution in [1.82, 2.24) is 5.32 Å². The van der Waals surface area contributed by atoms with Crippen LogP contribution in [-0.2, 0) is 14.4 Å². The fourth-order valence-electron chi connectivity index (χ4n) is 1.38. The lowest BCUT2D eigenvalue weighted by molar-refractivity contribution is -0.910. The molecule has 0 aromatic rings. The van der Waals surface area contributed by atoms with Crippen LogP contribution in [-0.4, -0.2) is 74.3 Å². The summed E-state index contributed by atoms with van der Waals surface area (Å²) in [6.45, 7) is 0.861. The van der Waals surface area contributed by atoms with Crippen LogP contribution in [0.3, 0.4) is 0 Å². The van der Waals surface area contributed by atoms with Crippen molar-refractivity contribution in [2.45, 2.75) is 0 Å². The monoisotopic (exact) mass is 227 g/mol. The first-order chi connectivity index (χ1) is 7.74. The van der Waals surface area contributed by atoms with Gasteiger partial charge in [0.15, 0.2) is 0 Å². The van der Waals surface area contributed by atoms with Crippen LogP contribution in [0, 0.1) is 0 Å². The second-order valence-corrected chi connectivity index (χ2v) is 3.37. The predicted molar refractivity (Wildman–Crippen MR) is 55.8 cm³/mol. The Kier molecular flexibility index (Phi) is 8.51. The third-order valence-electron chi connectivity index (χ3n) is 2.28. The van der Waals surface area contributed by atoms with E-state index in [1.165, 1.54) is 0 Å². The number of rotatable bonds is 11. The smallest absolute Gasteiger partial charge is 0.258 e. The summed E-state index contributed by atoms with van der Waals surface area (Å²) in [5.41, 5.74) is 0. The first-order valence-corrected chi connectivity index (χ1v) is 4.89. The molecule has 0 unspecified atom stereocenters. The van der Waals surface area contributed by atoms with E-state index in [2.05, 4.69) is 5.32 Å². The Morgan fingerprint density at radius 2 is 1.62 bits per heavy atom. The Labute approximate surface area is 94.8 Å². The van der Waals surface area contributed by atoms with Crippen molar-refractivity contribution >= 4 is 18.9 Å². The molecule has 6 nitrogen and oxygen atoms in total. The standard InChI is InChI=1S/C10H15N2O4/c13-7-2-11-1-3-12(4-8-14,5-9-15)6-10-16/h14H,1-6,8H2/q+1. The van der Waals surface area contributed by atoms with Gasteiger partial charge in [-0.2, -0.15) is 0 Å². The maximum absolute atomic E-state index is 10.4. The van der Waals surface area contributed by atoms with Gasteiger partial charge in [0.05, 0.1) is 26.2 Å². The van der Waals surface area contributed by atoms with Gasteiger partial charge in [-0.25, -0.2) is 5.32 Å². The molecule has 16 heavy (non-hydrogen) atoms. The Bertz CT molecular complexity index is 211. The molecule has 6 heteroatoms. The minimum atomic E-state index is -0.136. The summed E-state index contributed by atoms with van der Waals surface area (Å²) in [5, 5.41) is 12.7. The van der Waals surface area contributed by atoms with Crippen LogP contribution in [0.25, 0.3) is 0 Å². The molecule has 0 aromatic carbocycles. The summed E-state index contributed by atoms with van der Waals surface area (Å²) in [6, 6.07) is 0. The number of hydrogen-bond donors (Lipinski definition) is 1. The van der Waals surface area contributed by atoms with Crippen LogP contribution < -0.4 is 5.32 Å².